The quantitative estimate of drug-likeness (QED) is 0.0968. The second kappa shape index (κ2) is 17.9. The number of aromatic amines is 1. The molecule has 1 aliphatic heterocycles. The molecule has 6 rings (SSSR count). The Morgan fingerprint density at radius 1 is 0.944 bits per heavy atom. The fourth-order valence-corrected chi connectivity index (χ4v) is 6.31. The van der Waals surface area contributed by atoms with Gasteiger partial charge in [0, 0.05) is 32.2 Å². The van der Waals surface area contributed by atoms with Crippen molar-refractivity contribution in [1.29, 1.82) is 0 Å². The number of hydrogen-bond acceptors (Lipinski definition) is 9. The number of ether oxygens (including phenoxy) is 2. The van der Waals surface area contributed by atoms with E-state index < -0.39 is 17.6 Å². The highest BCUT2D eigenvalue weighted by Gasteiger charge is 2.42. The van der Waals surface area contributed by atoms with Gasteiger partial charge in [-0.2, -0.15) is 0 Å². The predicted molar refractivity (Wildman–Crippen MR) is 201 cm³/mol. The Hall–Kier alpha value is -5.67. The van der Waals surface area contributed by atoms with Crippen molar-refractivity contribution in [3.63, 3.8) is 0 Å². The minimum absolute atomic E-state index is 0.0862. The number of amides is 3. The van der Waals surface area contributed by atoms with Gasteiger partial charge in [0.05, 0.1) is 36.4 Å². The number of urea groups is 1. The zero-order chi connectivity index (χ0) is 38.8. The van der Waals surface area contributed by atoms with Gasteiger partial charge in [-0.15, -0.1) is 0 Å². The summed E-state index contributed by atoms with van der Waals surface area (Å²) in [6.07, 6.45) is 1.60. The van der Waals surface area contributed by atoms with E-state index in [1.165, 1.54) is 16.2 Å². The number of Topliss-reactive ketones (excluding diaryl/α,β-unsaturated/α-hetero) is 1. The Morgan fingerprint density at radius 2 is 1.72 bits per heavy atom. The summed E-state index contributed by atoms with van der Waals surface area (Å²) in [6, 6.07) is 20.3. The summed E-state index contributed by atoms with van der Waals surface area (Å²) in [6.45, 7) is 8.01. The Balaban J connectivity index is 0.000000239. The minimum Gasteiger partial charge on any atom is -0.465 e. The van der Waals surface area contributed by atoms with Crippen LogP contribution in [0.1, 0.15) is 61.1 Å². The van der Waals surface area contributed by atoms with E-state index >= 15 is 0 Å². The SMILES string of the molecule is Cn1c(=O)oc2cc(C3C(C(C)(C)C)OCCN3C(=O)NCCCCc3ccccc3)ccc21.O=C(O)NCCOCC(=O)c1ccc2[nH]c(=O)oc2c1. The average Bonchev–Trinajstić information content (AvgIpc) is 3.66. The van der Waals surface area contributed by atoms with Crippen LogP contribution in [0.25, 0.3) is 22.2 Å². The van der Waals surface area contributed by atoms with Crippen LogP contribution in [0.4, 0.5) is 9.59 Å². The third-order valence-corrected chi connectivity index (χ3v) is 9.03. The molecule has 15 heteroatoms. The van der Waals surface area contributed by atoms with E-state index in [-0.39, 0.29) is 49.1 Å². The van der Waals surface area contributed by atoms with E-state index in [9.17, 15) is 24.0 Å². The van der Waals surface area contributed by atoms with Crippen LogP contribution >= 0.6 is 0 Å². The van der Waals surface area contributed by atoms with E-state index in [0.717, 1.165) is 30.3 Å². The number of fused-ring (bicyclic) bond motifs is 2. The summed E-state index contributed by atoms with van der Waals surface area (Å²) < 4.78 is 23.0. The van der Waals surface area contributed by atoms with Crippen molar-refractivity contribution in [2.45, 2.75) is 52.2 Å². The number of nitrogens with one attached hydrogen (secondary N) is 3. The molecule has 1 saturated heterocycles. The van der Waals surface area contributed by atoms with Gasteiger partial charge in [0.15, 0.2) is 16.9 Å². The minimum atomic E-state index is -1.15. The molecule has 54 heavy (non-hydrogen) atoms. The van der Waals surface area contributed by atoms with Crippen LogP contribution in [0.5, 0.6) is 0 Å². The highest BCUT2D eigenvalue weighted by molar-refractivity contribution is 5.99. The molecule has 15 nitrogen and oxygen atoms in total. The molecule has 3 amide bonds. The van der Waals surface area contributed by atoms with Crippen molar-refractivity contribution < 1.29 is 37.8 Å². The lowest BCUT2D eigenvalue weighted by Crippen LogP contribution is -2.55. The number of benzene rings is 3. The van der Waals surface area contributed by atoms with Crippen molar-refractivity contribution in [2.24, 2.45) is 12.5 Å². The number of unbranched alkanes of at least 4 members (excludes halogenated alkanes) is 1. The Bertz CT molecular complexity index is 2160. The number of ketones is 1. The maximum Gasteiger partial charge on any atom is 0.419 e. The van der Waals surface area contributed by atoms with Gasteiger partial charge in [-0.25, -0.2) is 19.2 Å². The number of aromatic nitrogens is 2. The second-order valence-electron chi connectivity index (χ2n) is 14.1. The number of H-pyrrole nitrogens is 1. The second-order valence-corrected chi connectivity index (χ2v) is 14.1. The number of rotatable bonds is 12. The van der Waals surface area contributed by atoms with Gasteiger partial charge >= 0.3 is 23.6 Å². The molecule has 4 N–H and O–H groups in total. The topological polar surface area (TPSA) is 198 Å². The normalized spacial score (nSPS) is 15.8. The third kappa shape index (κ3) is 10.3. The molecule has 3 aromatic carbocycles. The standard InChI is InChI=1S/C27H35N3O4.C12H12N2O6/c1-27(2,3)24-23(20-13-14-21-22(18-20)34-26(32)29(21)4)30(16-17-33-24)25(31)28-15-9-8-12-19-10-6-5-7-11-19;15-9(6-19-4-3-13-11(16)17)7-1-2-8-10(5-7)20-12(18)14-8/h5-7,10-11,13-14,18,23-24H,8-9,12,15-17H2,1-4H3,(H,28,31);1-2,5,13H,3-4,6H2,(H,14,18)(H,16,17). The largest absolute Gasteiger partial charge is 0.465 e. The lowest BCUT2D eigenvalue weighted by molar-refractivity contribution is -0.105. The third-order valence-electron chi connectivity index (χ3n) is 9.03. The maximum absolute atomic E-state index is 13.3. The molecular weight excluding hydrogens is 698 g/mol. The molecule has 5 aromatic rings. The van der Waals surface area contributed by atoms with Crippen LogP contribution in [-0.4, -0.2) is 83.0 Å². The van der Waals surface area contributed by atoms with Gasteiger partial charge in [-0.3, -0.25) is 14.3 Å². The van der Waals surface area contributed by atoms with Crippen molar-refractivity contribution in [2.75, 3.05) is 39.5 Å². The number of carbonyl (C=O) groups is 3. The van der Waals surface area contributed by atoms with Gasteiger partial charge in [0.2, 0.25) is 0 Å². The molecule has 0 saturated carbocycles. The number of carbonyl (C=O) groups excluding carboxylic acids is 2. The molecule has 2 atom stereocenters. The van der Waals surface area contributed by atoms with E-state index in [4.69, 9.17) is 23.4 Å². The summed E-state index contributed by atoms with van der Waals surface area (Å²) in [5.41, 5.74) is 4.44. The van der Waals surface area contributed by atoms with E-state index in [1.54, 1.807) is 19.2 Å². The fourth-order valence-electron chi connectivity index (χ4n) is 6.31. The van der Waals surface area contributed by atoms with Gasteiger partial charge in [0.25, 0.3) is 0 Å². The molecule has 2 aromatic heterocycles. The highest BCUT2D eigenvalue weighted by Crippen LogP contribution is 2.40. The van der Waals surface area contributed by atoms with E-state index in [0.29, 0.717) is 41.9 Å². The summed E-state index contributed by atoms with van der Waals surface area (Å²) in [5.74, 6) is -1.27. The summed E-state index contributed by atoms with van der Waals surface area (Å²) in [5, 5.41) is 13.6. The molecule has 0 radical (unpaired) electrons. The Kier molecular flexibility index (Phi) is 13.1. The number of oxazole rings is 2. The molecule has 1 aliphatic rings. The lowest BCUT2D eigenvalue weighted by atomic mass is 9.80. The first kappa shape index (κ1) is 39.5. The number of nitrogens with zero attached hydrogens (tertiary/aromatic N) is 2. The zero-order valence-corrected chi connectivity index (χ0v) is 30.9. The highest BCUT2D eigenvalue weighted by atomic mass is 16.5. The molecule has 0 bridgehead atoms. The molecule has 2 unspecified atom stereocenters. The van der Waals surface area contributed by atoms with Crippen molar-refractivity contribution in [1.82, 2.24) is 25.1 Å². The first-order chi connectivity index (χ1) is 25.8. The predicted octanol–water partition coefficient (Wildman–Crippen LogP) is 5.24. The van der Waals surface area contributed by atoms with Gasteiger partial charge in [0.1, 0.15) is 6.61 Å². The van der Waals surface area contributed by atoms with Crippen molar-refractivity contribution >= 4 is 40.1 Å². The van der Waals surface area contributed by atoms with Crippen molar-refractivity contribution in [3.8, 4) is 0 Å². The van der Waals surface area contributed by atoms with Crippen LogP contribution in [0.2, 0.25) is 0 Å². The number of hydrogen-bond donors (Lipinski definition) is 4. The Labute approximate surface area is 311 Å². The zero-order valence-electron chi connectivity index (χ0n) is 30.9. The summed E-state index contributed by atoms with van der Waals surface area (Å²) in [7, 11) is 1.69. The van der Waals surface area contributed by atoms with Gasteiger partial charge in [-0.05, 0) is 66.1 Å². The average molecular weight is 746 g/mol. The molecule has 288 valence electrons. The van der Waals surface area contributed by atoms with E-state index in [1.807, 2.05) is 29.2 Å². The molecule has 0 spiro atoms. The van der Waals surface area contributed by atoms with Crippen molar-refractivity contribution in [3.05, 3.63) is 105 Å². The lowest BCUT2D eigenvalue weighted by Gasteiger charge is -2.46. The monoisotopic (exact) mass is 745 g/mol. The fraction of sp³-hybridized carbons (Fsp3) is 0.410. The van der Waals surface area contributed by atoms with Gasteiger partial charge < -0.3 is 38.9 Å². The maximum atomic E-state index is 13.3. The molecule has 3 heterocycles. The van der Waals surface area contributed by atoms with Gasteiger partial charge in [-0.1, -0.05) is 57.2 Å². The molecule has 1 fully saturated rings. The van der Waals surface area contributed by atoms with Crippen LogP contribution in [-0.2, 0) is 22.9 Å². The number of carboxylic acid groups (broad SMARTS) is 1. The van der Waals surface area contributed by atoms with Crippen LogP contribution in [0, 0.1) is 5.41 Å². The van der Waals surface area contributed by atoms with E-state index in [2.05, 4.69) is 60.7 Å². The van der Waals surface area contributed by atoms with Crippen LogP contribution in [0.3, 0.4) is 0 Å². The summed E-state index contributed by atoms with van der Waals surface area (Å²) >= 11 is 0. The number of aryl methyl sites for hydroxylation is 2. The smallest absolute Gasteiger partial charge is 0.419 e. The van der Waals surface area contributed by atoms with Crippen LogP contribution in [0.15, 0.2) is 85.2 Å². The summed E-state index contributed by atoms with van der Waals surface area (Å²) in [4.78, 5) is 62.6. The first-order valence-electron chi connectivity index (χ1n) is 17.8. The Morgan fingerprint density at radius 3 is 2.46 bits per heavy atom. The molecule has 0 aliphatic carbocycles. The van der Waals surface area contributed by atoms with Crippen LogP contribution < -0.4 is 22.1 Å². The molecular formula is C39H47N5O10. The first-order valence-corrected chi connectivity index (χ1v) is 17.8. The number of morpholine rings is 1.